The summed E-state index contributed by atoms with van der Waals surface area (Å²) in [5, 5.41) is 9.97. The molecule has 0 aliphatic heterocycles. The monoisotopic (exact) mass is 421 g/mol. The van der Waals surface area contributed by atoms with Crippen molar-refractivity contribution < 1.29 is 22.7 Å². The standard InChI is InChI=1S/C22H15NO6S/c24-17-11-8-15-12-19(22(26)29-20(15)13-17)21(25)14-6-9-16(10-7-14)23-30(27,28)18-4-2-1-3-5-18/h1-13,23-24H. The third-order valence-corrected chi connectivity index (χ3v) is 5.81. The van der Waals surface area contributed by atoms with Crippen LogP contribution in [0, 0.1) is 0 Å². The third-order valence-electron chi connectivity index (χ3n) is 4.42. The van der Waals surface area contributed by atoms with Crippen LogP contribution in [-0.4, -0.2) is 19.3 Å². The van der Waals surface area contributed by atoms with Gasteiger partial charge < -0.3 is 9.52 Å². The van der Waals surface area contributed by atoms with E-state index in [9.17, 15) is 23.1 Å². The predicted octanol–water partition coefficient (Wildman–Crippen LogP) is 3.53. The van der Waals surface area contributed by atoms with Crippen molar-refractivity contribution in [2.45, 2.75) is 4.90 Å². The summed E-state index contributed by atoms with van der Waals surface area (Å²) < 4.78 is 32.3. The number of hydrogen-bond donors (Lipinski definition) is 2. The second-order valence-corrected chi connectivity index (χ2v) is 8.18. The van der Waals surface area contributed by atoms with Crippen LogP contribution >= 0.6 is 0 Å². The minimum Gasteiger partial charge on any atom is -0.508 e. The quantitative estimate of drug-likeness (QED) is 0.376. The second-order valence-electron chi connectivity index (χ2n) is 6.49. The van der Waals surface area contributed by atoms with Crippen molar-refractivity contribution in [1.82, 2.24) is 0 Å². The van der Waals surface area contributed by atoms with E-state index in [-0.39, 0.29) is 33.0 Å². The van der Waals surface area contributed by atoms with Gasteiger partial charge in [0.1, 0.15) is 16.9 Å². The highest BCUT2D eigenvalue weighted by atomic mass is 32.2. The molecule has 4 rings (SSSR count). The van der Waals surface area contributed by atoms with Crippen LogP contribution in [0.5, 0.6) is 5.75 Å². The molecule has 0 radical (unpaired) electrons. The Morgan fingerprint density at radius 3 is 2.30 bits per heavy atom. The van der Waals surface area contributed by atoms with Crippen molar-refractivity contribution in [3.63, 3.8) is 0 Å². The van der Waals surface area contributed by atoms with Crippen LogP contribution in [0.3, 0.4) is 0 Å². The first-order valence-electron chi connectivity index (χ1n) is 8.83. The summed E-state index contributed by atoms with van der Waals surface area (Å²) in [6.45, 7) is 0. The summed E-state index contributed by atoms with van der Waals surface area (Å²) in [6, 6.07) is 19.3. The average Bonchev–Trinajstić information content (AvgIpc) is 2.73. The first-order chi connectivity index (χ1) is 14.3. The number of carbonyl (C=O) groups excluding carboxylic acids is 1. The zero-order valence-electron chi connectivity index (χ0n) is 15.4. The molecule has 0 atom stereocenters. The van der Waals surface area contributed by atoms with Crippen LogP contribution in [0.15, 0.2) is 93.0 Å². The lowest BCUT2D eigenvalue weighted by molar-refractivity contribution is 0.103. The molecule has 0 bridgehead atoms. The number of benzene rings is 3. The topological polar surface area (TPSA) is 114 Å². The number of sulfonamides is 1. The van der Waals surface area contributed by atoms with Gasteiger partial charge in [0.15, 0.2) is 5.78 Å². The molecule has 8 heteroatoms. The van der Waals surface area contributed by atoms with Gasteiger partial charge in [-0.1, -0.05) is 18.2 Å². The van der Waals surface area contributed by atoms with E-state index < -0.39 is 21.4 Å². The van der Waals surface area contributed by atoms with Gasteiger partial charge in [-0.2, -0.15) is 0 Å². The molecule has 1 heterocycles. The Balaban J connectivity index is 1.61. The number of ketones is 1. The van der Waals surface area contributed by atoms with Crippen molar-refractivity contribution in [2.75, 3.05) is 4.72 Å². The van der Waals surface area contributed by atoms with E-state index in [4.69, 9.17) is 4.42 Å². The van der Waals surface area contributed by atoms with Crippen molar-refractivity contribution in [2.24, 2.45) is 0 Å². The van der Waals surface area contributed by atoms with E-state index in [1.54, 1.807) is 18.2 Å². The Hall–Kier alpha value is -3.91. The van der Waals surface area contributed by atoms with Crippen LogP contribution in [0.4, 0.5) is 5.69 Å². The smallest absolute Gasteiger partial charge is 0.347 e. The Morgan fingerprint density at radius 1 is 0.900 bits per heavy atom. The normalized spacial score (nSPS) is 11.3. The van der Waals surface area contributed by atoms with Gasteiger partial charge in [-0.25, -0.2) is 13.2 Å². The highest BCUT2D eigenvalue weighted by Gasteiger charge is 2.17. The van der Waals surface area contributed by atoms with Crippen LogP contribution in [0.1, 0.15) is 15.9 Å². The first kappa shape index (κ1) is 19.4. The molecule has 0 saturated carbocycles. The third kappa shape index (κ3) is 3.81. The molecule has 2 N–H and O–H groups in total. The van der Waals surface area contributed by atoms with E-state index in [0.717, 1.165) is 0 Å². The fraction of sp³-hybridized carbons (Fsp3) is 0. The molecule has 0 saturated heterocycles. The highest BCUT2D eigenvalue weighted by molar-refractivity contribution is 7.92. The van der Waals surface area contributed by atoms with Gasteiger partial charge in [0.05, 0.1) is 4.90 Å². The summed E-state index contributed by atoms with van der Waals surface area (Å²) in [6.07, 6.45) is 0. The number of anilines is 1. The van der Waals surface area contributed by atoms with Crippen molar-refractivity contribution >= 4 is 32.5 Å². The van der Waals surface area contributed by atoms with E-state index in [0.29, 0.717) is 5.39 Å². The Bertz CT molecular complexity index is 1410. The molecule has 150 valence electrons. The number of rotatable bonds is 5. The largest absolute Gasteiger partial charge is 0.508 e. The first-order valence-corrected chi connectivity index (χ1v) is 10.3. The molecule has 0 aliphatic carbocycles. The summed E-state index contributed by atoms with van der Waals surface area (Å²) in [7, 11) is -3.75. The lowest BCUT2D eigenvalue weighted by Gasteiger charge is -2.08. The minimum atomic E-state index is -3.75. The number of carbonyl (C=O) groups is 1. The molecule has 0 amide bonds. The van der Waals surface area contributed by atoms with Crippen LogP contribution in [-0.2, 0) is 10.0 Å². The SMILES string of the molecule is O=C(c1ccc(NS(=O)(=O)c2ccccc2)cc1)c1cc2ccc(O)cc2oc1=O. The minimum absolute atomic E-state index is 0.0572. The lowest BCUT2D eigenvalue weighted by atomic mass is 10.0. The van der Waals surface area contributed by atoms with E-state index in [1.165, 1.54) is 60.7 Å². The molecule has 7 nitrogen and oxygen atoms in total. The van der Waals surface area contributed by atoms with Gasteiger partial charge in [0.25, 0.3) is 10.0 Å². The summed E-state index contributed by atoms with van der Waals surface area (Å²) >= 11 is 0. The molecule has 0 fully saturated rings. The lowest BCUT2D eigenvalue weighted by Crippen LogP contribution is -2.15. The van der Waals surface area contributed by atoms with Crippen LogP contribution in [0.25, 0.3) is 11.0 Å². The van der Waals surface area contributed by atoms with E-state index >= 15 is 0 Å². The van der Waals surface area contributed by atoms with Gasteiger partial charge in [-0.05, 0) is 54.6 Å². The molecule has 0 unspecified atom stereocenters. The predicted molar refractivity (Wildman–Crippen MR) is 111 cm³/mol. The molecular formula is C22H15NO6S. The molecular weight excluding hydrogens is 406 g/mol. The summed E-state index contributed by atoms with van der Waals surface area (Å²) in [5.74, 6) is -0.616. The maximum absolute atomic E-state index is 12.7. The number of phenolic OH excluding ortho intramolecular Hbond substituents is 1. The van der Waals surface area contributed by atoms with Crippen molar-refractivity contribution in [1.29, 1.82) is 0 Å². The van der Waals surface area contributed by atoms with Crippen LogP contribution < -0.4 is 10.3 Å². The van der Waals surface area contributed by atoms with E-state index in [1.807, 2.05) is 0 Å². The Morgan fingerprint density at radius 2 is 1.60 bits per heavy atom. The zero-order valence-corrected chi connectivity index (χ0v) is 16.2. The molecule has 4 aromatic rings. The molecule has 1 aromatic heterocycles. The van der Waals surface area contributed by atoms with Crippen LogP contribution in [0.2, 0.25) is 0 Å². The number of hydrogen-bond acceptors (Lipinski definition) is 6. The van der Waals surface area contributed by atoms with Gasteiger partial charge >= 0.3 is 5.63 Å². The summed E-state index contributed by atoms with van der Waals surface area (Å²) in [5.41, 5.74) is -0.348. The molecule has 0 aliphatic rings. The fourth-order valence-corrected chi connectivity index (χ4v) is 4.00. The molecule has 0 spiro atoms. The maximum atomic E-state index is 12.7. The number of phenols is 1. The fourth-order valence-electron chi connectivity index (χ4n) is 2.92. The highest BCUT2D eigenvalue weighted by Crippen LogP contribution is 2.21. The van der Waals surface area contributed by atoms with Gasteiger partial charge in [-0.15, -0.1) is 0 Å². The summed E-state index contributed by atoms with van der Waals surface area (Å²) in [4.78, 5) is 25.1. The van der Waals surface area contributed by atoms with E-state index in [2.05, 4.69) is 4.72 Å². The zero-order chi connectivity index (χ0) is 21.3. The maximum Gasteiger partial charge on any atom is 0.347 e. The molecule has 30 heavy (non-hydrogen) atoms. The number of nitrogens with one attached hydrogen (secondary N) is 1. The Kier molecular flexibility index (Phi) is 4.85. The van der Waals surface area contributed by atoms with Crippen molar-refractivity contribution in [3.05, 3.63) is 100 Å². The number of fused-ring (bicyclic) bond motifs is 1. The Labute approximate surface area is 171 Å². The molecule has 3 aromatic carbocycles. The van der Waals surface area contributed by atoms with Gasteiger partial charge in [-0.3, -0.25) is 9.52 Å². The second kappa shape index (κ2) is 7.49. The van der Waals surface area contributed by atoms with Gasteiger partial charge in [0, 0.05) is 22.7 Å². The van der Waals surface area contributed by atoms with Gasteiger partial charge in [0.2, 0.25) is 0 Å². The number of aromatic hydroxyl groups is 1. The van der Waals surface area contributed by atoms with Crippen molar-refractivity contribution in [3.8, 4) is 5.75 Å². The average molecular weight is 421 g/mol.